The van der Waals surface area contributed by atoms with Gasteiger partial charge in [-0.15, -0.1) is 0 Å². The fraction of sp³-hybridized carbons (Fsp3) is 0.824. The van der Waals surface area contributed by atoms with E-state index in [-0.39, 0.29) is 59.8 Å². The summed E-state index contributed by atoms with van der Waals surface area (Å²) in [6.45, 7) is 13.4. The van der Waals surface area contributed by atoms with Crippen molar-refractivity contribution in [3.8, 4) is 0 Å². The van der Waals surface area contributed by atoms with Crippen LogP contribution in [0.1, 0.15) is 86.5 Å². The van der Waals surface area contributed by atoms with Crippen molar-refractivity contribution in [3.05, 3.63) is 11.1 Å². The number of hydrogen-bond acceptors (Lipinski definition) is 9. The maximum absolute atomic E-state index is 14.2. The van der Waals surface area contributed by atoms with Crippen LogP contribution in [0.25, 0.3) is 0 Å². The molecular formula is C34H47NO8. The third-order valence-electron chi connectivity index (χ3n) is 13.5. The Hall–Kier alpha value is -2.26. The lowest BCUT2D eigenvalue weighted by Gasteiger charge is -2.60. The standard InChI is InChI=1S/C34H47NO8/c1-17-13-27(42-31(39)22(17)16-40-19(3)36)18(2)23-7-8-24-21-14-29-34(43-29)30(41-20(4)37)26(35-11-12-35)15-28(38)33(34,6)25(21)9-10-32(23,24)5/h18,21,23-27,29-30H,7-16H2,1-6H3. The molecule has 4 aliphatic carbocycles. The van der Waals surface area contributed by atoms with Gasteiger partial charge in [-0.1, -0.05) is 19.4 Å². The summed E-state index contributed by atoms with van der Waals surface area (Å²) in [6, 6.07) is -0.0816. The highest BCUT2D eigenvalue weighted by Gasteiger charge is 2.83. The van der Waals surface area contributed by atoms with Crippen molar-refractivity contribution < 1.29 is 38.1 Å². The first kappa shape index (κ1) is 29.5. The fourth-order valence-electron chi connectivity index (χ4n) is 11.2. The zero-order valence-corrected chi connectivity index (χ0v) is 26.5. The van der Waals surface area contributed by atoms with Crippen molar-refractivity contribution in [3.63, 3.8) is 0 Å². The van der Waals surface area contributed by atoms with E-state index in [0.717, 1.165) is 50.8 Å². The predicted octanol–water partition coefficient (Wildman–Crippen LogP) is 4.01. The second-order valence-corrected chi connectivity index (χ2v) is 15.2. The Morgan fingerprint density at radius 1 is 1.05 bits per heavy atom. The molecule has 2 saturated heterocycles. The van der Waals surface area contributed by atoms with Crippen LogP contribution in [0.4, 0.5) is 0 Å². The van der Waals surface area contributed by atoms with E-state index >= 15 is 0 Å². The lowest BCUT2D eigenvalue weighted by Crippen LogP contribution is -2.69. The lowest BCUT2D eigenvalue weighted by atomic mass is 9.43. The molecule has 0 aromatic carbocycles. The molecule has 3 aliphatic heterocycles. The minimum absolute atomic E-state index is 0.0350. The molecule has 7 rings (SSSR count). The van der Waals surface area contributed by atoms with E-state index in [1.54, 1.807) is 0 Å². The average molecular weight is 598 g/mol. The van der Waals surface area contributed by atoms with Crippen LogP contribution in [0.15, 0.2) is 11.1 Å². The number of ketones is 1. The number of nitrogens with zero attached hydrogens (tertiary/aromatic N) is 1. The van der Waals surface area contributed by atoms with Gasteiger partial charge in [0.05, 0.1) is 23.1 Å². The van der Waals surface area contributed by atoms with Gasteiger partial charge in [-0.25, -0.2) is 4.79 Å². The van der Waals surface area contributed by atoms with Gasteiger partial charge >= 0.3 is 17.9 Å². The van der Waals surface area contributed by atoms with Crippen LogP contribution >= 0.6 is 0 Å². The van der Waals surface area contributed by atoms with Gasteiger partial charge in [0, 0.05) is 39.8 Å². The Balaban J connectivity index is 1.12. The van der Waals surface area contributed by atoms with Crippen LogP contribution in [0, 0.1) is 40.4 Å². The Morgan fingerprint density at radius 2 is 1.79 bits per heavy atom. The van der Waals surface area contributed by atoms with E-state index < -0.39 is 23.1 Å². The molecule has 6 fully saturated rings. The quantitative estimate of drug-likeness (QED) is 0.255. The molecule has 0 bridgehead atoms. The molecule has 12 atom stereocenters. The molecule has 1 spiro atoms. The van der Waals surface area contributed by atoms with Crippen LogP contribution in [-0.2, 0) is 38.1 Å². The van der Waals surface area contributed by atoms with Gasteiger partial charge in [0.1, 0.15) is 24.1 Å². The lowest BCUT2D eigenvalue weighted by molar-refractivity contribution is -0.185. The number of fused-ring (bicyclic) bond motifs is 4. The first-order valence-corrected chi connectivity index (χ1v) is 16.5. The summed E-state index contributed by atoms with van der Waals surface area (Å²) in [5, 5.41) is 0. The fourth-order valence-corrected chi connectivity index (χ4v) is 11.2. The average Bonchev–Trinajstić information content (AvgIpc) is 3.85. The van der Waals surface area contributed by atoms with Gasteiger partial charge in [-0.05, 0) is 81.0 Å². The molecule has 12 unspecified atom stereocenters. The van der Waals surface area contributed by atoms with Crippen LogP contribution < -0.4 is 0 Å². The summed E-state index contributed by atoms with van der Waals surface area (Å²) in [5.74, 6) is 0.868. The molecule has 9 heteroatoms. The van der Waals surface area contributed by atoms with E-state index in [0.29, 0.717) is 36.2 Å². The smallest absolute Gasteiger partial charge is 0.337 e. The largest absolute Gasteiger partial charge is 0.461 e. The Bertz CT molecular complexity index is 1290. The molecule has 43 heavy (non-hydrogen) atoms. The minimum atomic E-state index is -0.703. The van der Waals surface area contributed by atoms with Crippen molar-refractivity contribution in [1.29, 1.82) is 0 Å². The first-order chi connectivity index (χ1) is 20.3. The molecule has 4 saturated carbocycles. The predicted molar refractivity (Wildman–Crippen MR) is 154 cm³/mol. The Morgan fingerprint density at radius 3 is 2.44 bits per heavy atom. The van der Waals surface area contributed by atoms with E-state index in [9.17, 15) is 19.2 Å². The monoisotopic (exact) mass is 597 g/mol. The Labute approximate surface area is 254 Å². The van der Waals surface area contributed by atoms with E-state index in [2.05, 4.69) is 25.7 Å². The summed E-state index contributed by atoms with van der Waals surface area (Å²) in [5.41, 5.74) is 0.133. The molecule has 0 amide bonds. The highest BCUT2D eigenvalue weighted by atomic mass is 16.7. The number of epoxide rings is 1. The summed E-state index contributed by atoms with van der Waals surface area (Å²) in [6.07, 6.45) is 5.52. The molecule has 0 aromatic rings. The third kappa shape index (κ3) is 4.15. The van der Waals surface area contributed by atoms with Crippen LogP contribution in [-0.4, -0.2) is 78.2 Å². The highest BCUT2D eigenvalue weighted by Crippen LogP contribution is 2.74. The number of esters is 3. The number of ether oxygens (including phenoxy) is 4. The van der Waals surface area contributed by atoms with Gasteiger partial charge in [-0.3, -0.25) is 19.3 Å². The molecule has 0 aromatic heterocycles. The van der Waals surface area contributed by atoms with Crippen LogP contribution in [0.2, 0.25) is 0 Å². The third-order valence-corrected chi connectivity index (χ3v) is 13.5. The Kier molecular flexibility index (Phi) is 6.76. The van der Waals surface area contributed by atoms with Gasteiger partial charge in [0.2, 0.25) is 0 Å². The van der Waals surface area contributed by atoms with E-state index in [1.807, 2.05) is 6.92 Å². The van der Waals surface area contributed by atoms with Crippen molar-refractivity contribution in [2.24, 2.45) is 40.4 Å². The summed E-state index contributed by atoms with van der Waals surface area (Å²) in [4.78, 5) is 53.0. The topological polar surface area (TPSA) is 112 Å². The normalized spacial score (nSPS) is 47.4. The molecule has 0 radical (unpaired) electrons. The molecule has 9 nitrogen and oxygen atoms in total. The second-order valence-electron chi connectivity index (χ2n) is 15.2. The molecule has 3 heterocycles. The highest BCUT2D eigenvalue weighted by molar-refractivity contribution is 5.91. The summed E-state index contributed by atoms with van der Waals surface area (Å²) >= 11 is 0. The number of cyclic esters (lactones) is 1. The van der Waals surface area contributed by atoms with Gasteiger partial charge in [-0.2, -0.15) is 0 Å². The van der Waals surface area contributed by atoms with Gasteiger partial charge in [0.15, 0.2) is 6.10 Å². The maximum Gasteiger partial charge on any atom is 0.337 e. The number of Topliss-reactive ketones (excluding diaryl/α,β-unsaturated/α-hetero) is 1. The zero-order chi connectivity index (χ0) is 30.6. The van der Waals surface area contributed by atoms with Crippen molar-refractivity contribution in [2.75, 3.05) is 19.7 Å². The van der Waals surface area contributed by atoms with E-state index in [1.165, 1.54) is 13.8 Å². The maximum atomic E-state index is 14.2. The number of carbonyl (C=O) groups is 4. The van der Waals surface area contributed by atoms with E-state index in [4.69, 9.17) is 18.9 Å². The second kappa shape index (κ2) is 9.87. The van der Waals surface area contributed by atoms with Crippen LogP contribution in [0.3, 0.4) is 0 Å². The first-order valence-electron chi connectivity index (χ1n) is 16.5. The molecular weight excluding hydrogens is 550 g/mol. The van der Waals surface area contributed by atoms with Crippen molar-refractivity contribution in [1.82, 2.24) is 4.90 Å². The SMILES string of the molecule is CC(=O)OCC1=C(C)CC(C(C)C2CCC3C4CC5OC56C(OC(C)=O)C(N5CC5)CC(=O)C6(C)C4CCC23C)OC1=O. The van der Waals surface area contributed by atoms with Crippen molar-refractivity contribution >= 4 is 23.7 Å². The van der Waals surface area contributed by atoms with Crippen molar-refractivity contribution in [2.45, 2.75) is 116 Å². The zero-order valence-electron chi connectivity index (χ0n) is 26.5. The summed E-state index contributed by atoms with van der Waals surface area (Å²) in [7, 11) is 0. The summed E-state index contributed by atoms with van der Waals surface area (Å²) < 4.78 is 23.8. The number of rotatable bonds is 6. The van der Waals surface area contributed by atoms with Gasteiger partial charge < -0.3 is 18.9 Å². The van der Waals surface area contributed by atoms with Crippen LogP contribution in [0.5, 0.6) is 0 Å². The van der Waals surface area contributed by atoms with Gasteiger partial charge in [0.25, 0.3) is 0 Å². The molecule has 0 N–H and O–H groups in total. The number of hydrogen-bond donors (Lipinski definition) is 0. The minimum Gasteiger partial charge on any atom is -0.461 e. The molecule has 7 aliphatic rings. The molecule has 236 valence electrons. The number of carbonyl (C=O) groups excluding carboxylic acids is 4.